The van der Waals surface area contributed by atoms with Crippen LogP contribution in [0, 0.1) is 6.92 Å². The van der Waals surface area contributed by atoms with Gasteiger partial charge >= 0.3 is 0 Å². The highest BCUT2D eigenvalue weighted by molar-refractivity contribution is 6.08. The van der Waals surface area contributed by atoms with E-state index in [9.17, 15) is 4.79 Å². The van der Waals surface area contributed by atoms with Crippen LogP contribution in [0.4, 0.5) is 5.69 Å². The maximum absolute atomic E-state index is 12.8. The molecule has 0 fully saturated rings. The van der Waals surface area contributed by atoms with Gasteiger partial charge in [-0.05, 0) is 31.0 Å². The lowest BCUT2D eigenvalue weighted by atomic mass is 9.77. The van der Waals surface area contributed by atoms with Crippen LogP contribution in [0.15, 0.2) is 48.5 Å². The summed E-state index contributed by atoms with van der Waals surface area (Å²) in [4.78, 5) is 18.1. The molecule has 0 saturated heterocycles. The largest absolute Gasteiger partial charge is 0.271 e. The summed E-state index contributed by atoms with van der Waals surface area (Å²) in [6, 6.07) is 15.9. The van der Waals surface area contributed by atoms with Crippen molar-refractivity contribution in [3.05, 3.63) is 65.2 Å². The molecule has 102 valence electrons. The van der Waals surface area contributed by atoms with Crippen LogP contribution >= 0.6 is 0 Å². The van der Waals surface area contributed by atoms with Crippen molar-refractivity contribution >= 4 is 11.6 Å². The molecule has 0 spiro atoms. The van der Waals surface area contributed by atoms with Crippen molar-refractivity contribution in [2.24, 2.45) is 0 Å². The van der Waals surface area contributed by atoms with Gasteiger partial charge in [0.05, 0.1) is 12.8 Å². The van der Waals surface area contributed by atoms with Crippen LogP contribution < -0.4 is 5.06 Å². The van der Waals surface area contributed by atoms with Crippen molar-refractivity contribution in [1.29, 1.82) is 0 Å². The first-order chi connectivity index (χ1) is 9.59. The lowest BCUT2D eigenvalue weighted by Gasteiger charge is -2.24. The summed E-state index contributed by atoms with van der Waals surface area (Å²) >= 11 is 0. The number of aryl methyl sites for hydroxylation is 1. The number of carbonyl (C=O) groups is 1. The number of hydrogen-bond donors (Lipinski definition) is 0. The van der Waals surface area contributed by atoms with Crippen LogP contribution in [-0.4, -0.2) is 13.0 Å². The van der Waals surface area contributed by atoms with E-state index in [0.717, 1.165) is 16.8 Å². The third-order valence-electron chi connectivity index (χ3n) is 4.09. The Morgan fingerprint density at radius 1 is 1.05 bits per heavy atom. The van der Waals surface area contributed by atoms with E-state index in [1.165, 1.54) is 17.7 Å². The van der Waals surface area contributed by atoms with Crippen molar-refractivity contribution in [3.8, 4) is 0 Å². The van der Waals surface area contributed by atoms with Gasteiger partial charge in [-0.15, -0.1) is 0 Å². The normalized spacial score (nSPS) is 21.1. The summed E-state index contributed by atoms with van der Waals surface area (Å²) < 4.78 is 0. The molecule has 0 aliphatic carbocycles. The van der Waals surface area contributed by atoms with Crippen LogP contribution in [0.25, 0.3) is 0 Å². The molecular weight excluding hydrogens is 250 g/mol. The van der Waals surface area contributed by atoms with E-state index in [4.69, 9.17) is 4.84 Å². The molecule has 1 amide bonds. The topological polar surface area (TPSA) is 29.5 Å². The van der Waals surface area contributed by atoms with Gasteiger partial charge in [-0.1, -0.05) is 48.0 Å². The number of hydrogen-bond acceptors (Lipinski definition) is 2. The minimum absolute atomic E-state index is 0.0509. The molecule has 2 aromatic rings. The van der Waals surface area contributed by atoms with Gasteiger partial charge in [0.2, 0.25) is 0 Å². The number of nitrogens with zero attached hydrogens (tertiary/aromatic N) is 1. The second-order valence-electron chi connectivity index (χ2n) is 5.29. The van der Waals surface area contributed by atoms with Crippen LogP contribution in [-0.2, 0) is 15.0 Å². The van der Waals surface area contributed by atoms with E-state index in [1.807, 2.05) is 62.4 Å². The highest BCUT2D eigenvalue weighted by Crippen LogP contribution is 2.45. The molecule has 1 aliphatic rings. The Hall–Kier alpha value is -2.13. The molecule has 3 rings (SSSR count). The van der Waals surface area contributed by atoms with Gasteiger partial charge in [0.1, 0.15) is 5.41 Å². The smallest absolute Gasteiger partial charge is 0.265 e. The van der Waals surface area contributed by atoms with Crippen molar-refractivity contribution in [2.45, 2.75) is 19.3 Å². The lowest BCUT2D eigenvalue weighted by molar-refractivity contribution is -0.127. The number of anilines is 1. The molecule has 0 radical (unpaired) electrons. The zero-order chi connectivity index (χ0) is 14.3. The summed E-state index contributed by atoms with van der Waals surface area (Å²) in [7, 11) is 1.52. The first-order valence-electron chi connectivity index (χ1n) is 6.64. The SMILES string of the molecule is CON1C(=O)C(C)(c2ccc(C)cc2)c2ccccc21. The zero-order valence-corrected chi connectivity index (χ0v) is 11.9. The molecule has 0 bridgehead atoms. The van der Waals surface area contributed by atoms with E-state index < -0.39 is 5.41 Å². The first kappa shape index (κ1) is 12.9. The molecule has 1 atom stereocenters. The number of hydroxylamine groups is 1. The monoisotopic (exact) mass is 267 g/mol. The predicted molar refractivity (Wildman–Crippen MR) is 78.6 cm³/mol. The van der Waals surface area contributed by atoms with Gasteiger partial charge in [-0.2, -0.15) is 5.06 Å². The van der Waals surface area contributed by atoms with Gasteiger partial charge in [-0.25, -0.2) is 0 Å². The maximum atomic E-state index is 12.8. The average molecular weight is 267 g/mol. The molecule has 3 heteroatoms. The quantitative estimate of drug-likeness (QED) is 0.836. The fraction of sp³-hybridized carbons (Fsp3) is 0.235. The molecule has 0 aromatic heterocycles. The van der Waals surface area contributed by atoms with Crippen molar-refractivity contribution < 1.29 is 9.63 Å². The highest BCUT2D eigenvalue weighted by atomic mass is 16.7. The Morgan fingerprint density at radius 3 is 2.35 bits per heavy atom. The maximum Gasteiger partial charge on any atom is 0.265 e. The van der Waals surface area contributed by atoms with Crippen molar-refractivity contribution in [1.82, 2.24) is 0 Å². The summed E-state index contributed by atoms with van der Waals surface area (Å²) in [6.45, 7) is 4.00. The fourth-order valence-corrected chi connectivity index (χ4v) is 2.85. The molecule has 1 aliphatic heterocycles. The molecule has 2 aromatic carbocycles. The summed E-state index contributed by atoms with van der Waals surface area (Å²) in [5.74, 6) is -0.0509. The number of amides is 1. The van der Waals surface area contributed by atoms with E-state index in [0.29, 0.717) is 0 Å². The zero-order valence-electron chi connectivity index (χ0n) is 11.9. The minimum atomic E-state index is -0.694. The molecule has 1 heterocycles. The molecule has 20 heavy (non-hydrogen) atoms. The second-order valence-corrected chi connectivity index (χ2v) is 5.29. The lowest BCUT2D eigenvalue weighted by Crippen LogP contribution is -2.38. The molecule has 3 nitrogen and oxygen atoms in total. The van der Waals surface area contributed by atoms with Crippen molar-refractivity contribution in [3.63, 3.8) is 0 Å². The van der Waals surface area contributed by atoms with E-state index in [1.54, 1.807) is 0 Å². The predicted octanol–water partition coefficient (Wildman–Crippen LogP) is 3.21. The van der Waals surface area contributed by atoms with Gasteiger partial charge in [-0.3, -0.25) is 9.63 Å². The van der Waals surface area contributed by atoms with Gasteiger partial charge in [0.15, 0.2) is 0 Å². The Bertz CT molecular complexity index is 663. The van der Waals surface area contributed by atoms with E-state index in [2.05, 4.69) is 0 Å². The standard InChI is InChI=1S/C17H17NO2/c1-12-8-10-13(11-9-12)17(2)14-6-4-5-7-15(14)18(20-3)16(17)19/h4-11H,1-3H3. The van der Waals surface area contributed by atoms with Crippen LogP contribution in [0.5, 0.6) is 0 Å². The summed E-state index contributed by atoms with van der Waals surface area (Å²) in [5.41, 5.74) is 3.28. The number of benzene rings is 2. The Labute approximate surface area is 118 Å². The Kier molecular flexibility index (Phi) is 2.87. The number of fused-ring (bicyclic) bond motifs is 1. The molecule has 0 N–H and O–H groups in total. The van der Waals surface area contributed by atoms with Crippen molar-refractivity contribution in [2.75, 3.05) is 12.2 Å². The van der Waals surface area contributed by atoms with Gasteiger partial charge in [0, 0.05) is 0 Å². The third kappa shape index (κ3) is 1.60. The summed E-state index contributed by atoms with van der Waals surface area (Å²) in [5, 5.41) is 1.38. The van der Waals surface area contributed by atoms with E-state index in [-0.39, 0.29) is 5.91 Å². The number of carbonyl (C=O) groups excluding carboxylic acids is 1. The average Bonchev–Trinajstić information content (AvgIpc) is 2.69. The van der Waals surface area contributed by atoms with Crippen LogP contribution in [0.3, 0.4) is 0 Å². The first-order valence-corrected chi connectivity index (χ1v) is 6.64. The highest BCUT2D eigenvalue weighted by Gasteiger charge is 2.49. The molecular formula is C17H17NO2. The summed E-state index contributed by atoms with van der Waals surface area (Å²) in [6.07, 6.45) is 0. The number of rotatable bonds is 2. The van der Waals surface area contributed by atoms with Crippen LogP contribution in [0.1, 0.15) is 23.6 Å². The second kappa shape index (κ2) is 4.46. The minimum Gasteiger partial charge on any atom is -0.271 e. The molecule has 0 saturated carbocycles. The fourth-order valence-electron chi connectivity index (χ4n) is 2.85. The van der Waals surface area contributed by atoms with E-state index >= 15 is 0 Å². The van der Waals surface area contributed by atoms with Gasteiger partial charge in [0.25, 0.3) is 5.91 Å². The Morgan fingerprint density at radius 2 is 1.70 bits per heavy atom. The Balaban J connectivity index is 2.22. The van der Waals surface area contributed by atoms with Gasteiger partial charge < -0.3 is 0 Å². The van der Waals surface area contributed by atoms with Crippen LogP contribution in [0.2, 0.25) is 0 Å². The third-order valence-corrected chi connectivity index (χ3v) is 4.09. The number of para-hydroxylation sites is 1. The molecule has 1 unspecified atom stereocenters.